The molecule has 4 nitrogen and oxygen atoms in total. The molecule has 258 valence electrons. The summed E-state index contributed by atoms with van der Waals surface area (Å²) >= 11 is 13.7. The van der Waals surface area contributed by atoms with Gasteiger partial charge in [0.15, 0.2) is 0 Å². The molecule has 1 aliphatic rings. The third-order valence-electron chi connectivity index (χ3n) is 7.86. The van der Waals surface area contributed by atoms with Crippen molar-refractivity contribution in [3.05, 3.63) is 69.9 Å². The molecule has 2 unspecified atom stereocenters. The van der Waals surface area contributed by atoms with Gasteiger partial charge < -0.3 is 4.89 Å². The van der Waals surface area contributed by atoms with E-state index in [2.05, 4.69) is 90.0 Å². The summed E-state index contributed by atoms with van der Waals surface area (Å²) in [6, 6.07) is 0. The van der Waals surface area contributed by atoms with Crippen LogP contribution in [-0.2, 0) is 4.52 Å². The third-order valence-corrected chi connectivity index (χ3v) is 12.2. The van der Waals surface area contributed by atoms with Crippen molar-refractivity contribution in [1.82, 2.24) is 9.76 Å². The molecule has 0 spiro atoms. The van der Waals surface area contributed by atoms with E-state index in [4.69, 9.17) is 27.7 Å². The molecule has 0 aromatic heterocycles. The molecule has 0 aromatic rings. The van der Waals surface area contributed by atoms with Crippen LogP contribution < -0.4 is 9.98 Å². The average molecular weight is 702 g/mol. The monoisotopic (exact) mass is 700 g/mol. The minimum Gasteiger partial charge on any atom is -0.626 e. The zero-order valence-corrected chi connectivity index (χ0v) is 32.7. The van der Waals surface area contributed by atoms with Crippen molar-refractivity contribution in [1.29, 1.82) is 0 Å². The minimum absolute atomic E-state index is 0.117. The summed E-state index contributed by atoms with van der Waals surface area (Å²) in [5.41, 5.74) is 8.74. The predicted molar refractivity (Wildman–Crippen MR) is 204 cm³/mol. The predicted octanol–water partition coefficient (Wildman–Crippen LogP) is 11.5. The molecule has 45 heavy (non-hydrogen) atoms. The molecule has 0 amide bonds. The first-order chi connectivity index (χ1) is 21.5. The molecule has 0 bridgehead atoms. The minimum atomic E-state index is -3.09. The van der Waals surface area contributed by atoms with Gasteiger partial charge in [-0.1, -0.05) is 69.9 Å². The topological polar surface area (TPSA) is 47.6 Å². The van der Waals surface area contributed by atoms with E-state index in [9.17, 15) is 4.89 Å². The Labute approximate surface area is 292 Å². The number of hydrogen-bond donors (Lipinski definition) is 1. The second-order valence-corrected chi connectivity index (χ2v) is 16.7. The fraction of sp³-hybridized carbons (Fsp3) is 0.676. The van der Waals surface area contributed by atoms with E-state index in [0.29, 0.717) is 31.5 Å². The lowest BCUT2D eigenvalue weighted by Gasteiger charge is -2.44. The average Bonchev–Trinajstić information content (AvgIpc) is 2.98. The summed E-state index contributed by atoms with van der Waals surface area (Å²) in [5.74, 6) is 1.71. The smallest absolute Gasteiger partial charge is 0.251 e. The van der Waals surface area contributed by atoms with E-state index in [-0.39, 0.29) is 5.37 Å². The molecule has 8 heteroatoms. The first kappa shape index (κ1) is 42.7. The first-order valence-electron chi connectivity index (χ1n) is 16.9. The molecule has 1 heterocycles. The van der Waals surface area contributed by atoms with Crippen LogP contribution in [0.3, 0.4) is 0 Å². The van der Waals surface area contributed by atoms with Crippen LogP contribution in [0.5, 0.6) is 0 Å². The molecule has 1 N–H and O–H groups in total. The van der Waals surface area contributed by atoms with E-state index in [1.54, 1.807) is 0 Å². The second kappa shape index (κ2) is 25.6. The van der Waals surface area contributed by atoms with Gasteiger partial charge in [0.2, 0.25) is 0 Å². The van der Waals surface area contributed by atoms with E-state index < -0.39 is 8.02 Å². The lowest BCUT2D eigenvalue weighted by Crippen LogP contribution is -2.50. The van der Waals surface area contributed by atoms with Gasteiger partial charge in [-0.05, 0) is 113 Å². The van der Waals surface area contributed by atoms with Crippen molar-refractivity contribution in [2.75, 3.05) is 37.2 Å². The van der Waals surface area contributed by atoms with Gasteiger partial charge in [-0.25, -0.2) is 4.52 Å². The van der Waals surface area contributed by atoms with Crippen molar-refractivity contribution in [3.8, 4) is 0 Å². The molecular formula is C37H63Cl2N2O2PS. The highest BCUT2D eigenvalue weighted by atomic mass is 35.5. The molecule has 1 aliphatic heterocycles. The Morgan fingerprint density at radius 3 is 1.67 bits per heavy atom. The molecule has 0 aliphatic carbocycles. The summed E-state index contributed by atoms with van der Waals surface area (Å²) in [6.07, 6.45) is 26.5. The molecule has 2 atom stereocenters. The maximum Gasteiger partial charge on any atom is 0.251 e. The van der Waals surface area contributed by atoms with Crippen molar-refractivity contribution in [2.24, 2.45) is 0 Å². The summed E-state index contributed by atoms with van der Waals surface area (Å²) in [6.45, 7) is 17.1. The quantitative estimate of drug-likeness (QED) is 0.0497. The molecule has 1 fully saturated rings. The summed E-state index contributed by atoms with van der Waals surface area (Å²) < 4.78 is 7.60. The van der Waals surface area contributed by atoms with Gasteiger partial charge in [-0.15, -0.1) is 39.6 Å². The lowest BCUT2D eigenvalue weighted by atomic mass is 10.0. The van der Waals surface area contributed by atoms with Crippen molar-refractivity contribution < 1.29 is 9.42 Å². The van der Waals surface area contributed by atoms with Gasteiger partial charge in [0.1, 0.15) is 0 Å². The Bertz CT molecular complexity index is 1020. The van der Waals surface area contributed by atoms with E-state index in [0.717, 1.165) is 63.5 Å². The molecule has 1 rings (SSSR count). The third kappa shape index (κ3) is 20.6. The van der Waals surface area contributed by atoms with Crippen LogP contribution in [0.25, 0.3) is 0 Å². The molecular weight excluding hydrogens is 638 g/mol. The molecule has 0 saturated carbocycles. The fourth-order valence-corrected chi connectivity index (χ4v) is 9.30. The zero-order chi connectivity index (χ0) is 33.5. The summed E-state index contributed by atoms with van der Waals surface area (Å²) in [7, 11) is -3.09. The maximum absolute atomic E-state index is 13.4. The van der Waals surface area contributed by atoms with E-state index in [1.165, 1.54) is 46.3 Å². The Morgan fingerprint density at radius 2 is 1.20 bits per heavy atom. The standard InChI is InChI=1S/C37H63Cl2N2O2PS/c1-31(2)14-10-17-34(5)20-11-18-32(3)15-8-9-16-33(4)19-12-21-35(6)22-13-23-36(7)30-45-37-24-29-43-44(42,40-27-25-38)41(37)28-26-39/h14-16,20-21,23,37H,8-13,17-19,22,24-30H2,1-7H3,(H,40,42)/b32-15+,33-16+,34-20+,35-21+,36-23+. The van der Waals surface area contributed by atoms with Crippen LogP contribution in [0, 0.1) is 0 Å². The van der Waals surface area contributed by atoms with E-state index >= 15 is 0 Å². The van der Waals surface area contributed by atoms with Crippen LogP contribution in [0.2, 0.25) is 0 Å². The number of rotatable bonds is 23. The van der Waals surface area contributed by atoms with Crippen LogP contribution in [0.1, 0.15) is 119 Å². The Morgan fingerprint density at radius 1 is 0.733 bits per heavy atom. The van der Waals surface area contributed by atoms with Gasteiger partial charge in [-0.2, -0.15) is 5.09 Å². The summed E-state index contributed by atoms with van der Waals surface area (Å²) in [5, 5.41) is 3.15. The number of thioether (sulfide) groups is 1. The Balaban J connectivity index is 2.34. The highest BCUT2D eigenvalue weighted by molar-refractivity contribution is 8.00. The number of nitrogens with one attached hydrogen (secondary N) is 1. The lowest BCUT2D eigenvalue weighted by molar-refractivity contribution is -0.215. The number of alkyl halides is 2. The highest BCUT2D eigenvalue weighted by Gasteiger charge is 2.45. The first-order valence-corrected chi connectivity index (χ1v) is 20.6. The molecule has 0 radical (unpaired) electrons. The fourth-order valence-electron chi connectivity index (χ4n) is 5.10. The highest BCUT2D eigenvalue weighted by Crippen LogP contribution is 2.56. The van der Waals surface area contributed by atoms with Crippen LogP contribution in [-0.4, -0.2) is 47.3 Å². The number of hydrogen-bond acceptors (Lipinski definition) is 5. The van der Waals surface area contributed by atoms with Gasteiger partial charge in [0.05, 0.1) is 18.5 Å². The number of halogens is 2. The molecule has 1 saturated heterocycles. The largest absolute Gasteiger partial charge is 0.626 e. The van der Waals surface area contributed by atoms with E-state index in [1.807, 2.05) is 16.4 Å². The Kier molecular flexibility index (Phi) is 24.3. The second-order valence-electron chi connectivity index (χ2n) is 12.6. The number of allylic oxidation sites excluding steroid dienone is 11. The van der Waals surface area contributed by atoms with Crippen LogP contribution in [0.15, 0.2) is 69.9 Å². The van der Waals surface area contributed by atoms with Crippen molar-refractivity contribution >= 4 is 43.0 Å². The normalized spacial score (nSPS) is 21.0. The maximum atomic E-state index is 13.4. The zero-order valence-electron chi connectivity index (χ0n) is 29.4. The van der Waals surface area contributed by atoms with Gasteiger partial charge in [-0.3, -0.25) is 0 Å². The van der Waals surface area contributed by atoms with Gasteiger partial charge in [0, 0.05) is 30.5 Å². The SMILES string of the molecule is CC(C)=CCC/C(C)=C/CC/C(C)=C/CC/C=C(\C)CC/C=C(\C)CC/C=C(\C)CSC1CCO[P+]([O-])(NCCCl)N1CCCl. The van der Waals surface area contributed by atoms with Crippen LogP contribution >= 0.6 is 43.0 Å². The van der Waals surface area contributed by atoms with Gasteiger partial charge >= 0.3 is 0 Å². The van der Waals surface area contributed by atoms with Gasteiger partial charge in [0.25, 0.3) is 8.02 Å². The van der Waals surface area contributed by atoms with Crippen molar-refractivity contribution in [2.45, 2.75) is 124 Å². The van der Waals surface area contributed by atoms with Crippen LogP contribution in [0.4, 0.5) is 0 Å². The Hall–Kier alpha value is -0.360. The summed E-state index contributed by atoms with van der Waals surface area (Å²) in [4.78, 5) is 13.4. The number of unbranched alkanes of at least 4 members (excludes halogenated alkanes) is 1. The molecule has 0 aromatic carbocycles. The van der Waals surface area contributed by atoms with Crippen molar-refractivity contribution in [3.63, 3.8) is 0 Å². The number of nitrogens with zero attached hydrogens (tertiary/aromatic N) is 1.